The zero-order valence-electron chi connectivity index (χ0n) is 22.4. The largest absolute Gasteiger partial charge is 0.507 e. The zero-order chi connectivity index (χ0) is 27.9. The lowest BCUT2D eigenvalue weighted by Gasteiger charge is -2.25. The van der Waals surface area contributed by atoms with Crippen LogP contribution in [0.4, 0.5) is 5.69 Å². The Balaban J connectivity index is 1.35. The van der Waals surface area contributed by atoms with Gasteiger partial charge in [-0.1, -0.05) is 37.8 Å². The summed E-state index contributed by atoms with van der Waals surface area (Å²) < 4.78 is 34.8. The van der Waals surface area contributed by atoms with Crippen molar-refractivity contribution in [3.8, 4) is 11.8 Å². The third kappa shape index (κ3) is 5.53. The quantitative estimate of drug-likeness (QED) is 0.323. The van der Waals surface area contributed by atoms with Gasteiger partial charge in [-0.3, -0.25) is 4.72 Å². The van der Waals surface area contributed by atoms with Crippen LogP contribution in [0.25, 0.3) is 0 Å². The van der Waals surface area contributed by atoms with Gasteiger partial charge in [-0.2, -0.15) is 5.26 Å². The van der Waals surface area contributed by atoms with Gasteiger partial charge in [0.25, 0.3) is 10.0 Å². The van der Waals surface area contributed by atoms with Gasteiger partial charge in [0.15, 0.2) is 0 Å². The molecular formula is C32H34N2O5S. The molecule has 0 saturated heterocycles. The maximum Gasteiger partial charge on any atom is 0.343 e. The molecule has 1 heterocycles. The van der Waals surface area contributed by atoms with Crippen LogP contribution in [0.1, 0.15) is 97.6 Å². The summed E-state index contributed by atoms with van der Waals surface area (Å²) in [6.45, 7) is 0. The molecule has 0 bridgehead atoms. The van der Waals surface area contributed by atoms with Crippen LogP contribution in [0.3, 0.4) is 0 Å². The van der Waals surface area contributed by atoms with Crippen molar-refractivity contribution in [3.63, 3.8) is 0 Å². The first-order valence-corrected chi connectivity index (χ1v) is 15.8. The van der Waals surface area contributed by atoms with Crippen LogP contribution in [0, 0.1) is 23.2 Å². The Morgan fingerprint density at radius 1 is 1.02 bits per heavy atom. The molecule has 208 valence electrons. The van der Waals surface area contributed by atoms with Crippen molar-refractivity contribution in [1.82, 2.24) is 0 Å². The molecule has 2 aromatic carbocycles. The first kappa shape index (κ1) is 26.6. The van der Waals surface area contributed by atoms with Gasteiger partial charge in [0.2, 0.25) is 0 Å². The summed E-state index contributed by atoms with van der Waals surface area (Å²) in [4.78, 5) is 13.6. The second-order valence-corrected chi connectivity index (χ2v) is 13.3. The molecule has 3 aromatic rings. The molecule has 40 heavy (non-hydrogen) atoms. The number of benzene rings is 2. The Hall–Kier alpha value is -3.57. The minimum absolute atomic E-state index is 0.0522. The van der Waals surface area contributed by atoms with Crippen LogP contribution < -0.4 is 10.3 Å². The molecule has 8 heteroatoms. The van der Waals surface area contributed by atoms with Gasteiger partial charge in [0, 0.05) is 23.1 Å². The fourth-order valence-corrected chi connectivity index (χ4v) is 7.29. The van der Waals surface area contributed by atoms with Gasteiger partial charge < -0.3 is 9.52 Å². The van der Waals surface area contributed by atoms with E-state index in [1.807, 2.05) is 12.1 Å². The van der Waals surface area contributed by atoms with E-state index in [2.05, 4.69) is 4.72 Å². The average Bonchev–Trinajstić information content (AvgIpc) is 3.86. The Bertz CT molecular complexity index is 1610. The molecule has 6 rings (SSSR count). The summed E-state index contributed by atoms with van der Waals surface area (Å²) in [5.74, 6) is 1.43. The smallest absolute Gasteiger partial charge is 0.343 e. The van der Waals surface area contributed by atoms with Crippen LogP contribution >= 0.6 is 0 Å². The van der Waals surface area contributed by atoms with Gasteiger partial charge >= 0.3 is 5.63 Å². The summed E-state index contributed by atoms with van der Waals surface area (Å²) in [6.07, 6.45) is 10.2. The Morgan fingerprint density at radius 2 is 1.80 bits per heavy atom. The number of sulfonamides is 1. The molecule has 3 aliphatic carbocycles. The average molecular weight is 559 g/mol. The minimum Gasteiger partial charge on any atom is -0.507 e. The summed E-state index contributed by atoms with van der Waals surface area (Å²) >= 11 is 0. The predicted molar refractivity (Wildman–Crippen MR) is 152 cm³/mol. The number of nitrogens with one attached hydrogen (secondary N) is 1. The maximum atomic E-state index is 13.6. The van der Waals surface area contributed by atoms with E-state index in [9.17, 15) is 18.3 Å². The number of hydrogen-bond donors (Lipinski definition) is 2. The molecule has 2 N–H and O–H groups in total. The van der Waals surface area contributed by atoms with Crippen LogP contribution in [0.5, 0.6) is 5.75 Å². The highest BCUT2D eigenvalue weighted by molar-refractivity contribution is 7.92. The Kier molecular flexibility index (Phi) is 7.18. The van der Waals surface area contributed by atoms with Crippen molar-refractivity contribution >= 4 is 15.7 Å². The third-order valence-electron chi connectivity index (χ3n) is 8.62. The van der Waals surface area contributed by atoms with Crippen molar-refractivity contribution < 1.29 is 17.9 Å². The summed E-state index contributed by atoms with van der Waals surface area (Å²) in [5, 5.41) is 20.7. The summed E-state index contributed by atoms with van der Waals surface area (Å²) in [7, 11) is -3.89. The molecule has 3 aliphatic rings. The maximum absolute atomic E-state index is 13.6. The molecule has 2 saturated carbocycles. The molecule has 7 nitrogen and oxygen atoms in total. The van der Waals surface area contributed by atoms with E-state index in [1.54, 1.807) is 18.2 Å². The molecule has 0 aliphatic heterocycles. The van der Waals surface area contributed by atoms with Gasteiger partial charge in [-0.25, -0.2) is 13.2 Å². The zero-order valence-corrected chi connectivity index (χ0v) is 23.3. The number of hydrogen-bond acceptors (Lipinski definition) is 6. The van der Waals surface area contributed by atoms with Gasteiger partial charge in [0.05, 0.1) is 22.1 Å². The Morgan fingerprint density at radius 3 is 2.50 bits per heavy atom. The number of anilines is 1. The lowest BCUT2D eigenvalue weighted by atomic mass is 9.82. The normalized spacial score (nSPS) is 20.0. The fraction of sp³-hybridized carbons (Fsp3) is 0.438. The summed E-state index contributed by atoms with van der Waals surface area (Å²) in [5.41, 5.74) is 2.14. The molecule has 1 aromatic heterocycles. The first-order valence-electron chi connectivity index (χ1n) is 14.4. The van der Waals surface area contributed by atoms with Crippen LogP contribution in [0.15, 0.2) is 62.6 Å². The monoisotopic (exact) mass is 558 g/mol. The fourth-order valence-electron chi connectivity index (χ4n) is 6.24. The standard InChI is InChI=1S/C32H34N2O5S/c33-19-21-11-15-26(16-12-21)40(37,38)34-25-7-4-6-23(18-25)28(22-13-14-22)29-30(35)27-8-3-1-2-5-24(17-20-9-10-20)31(27)39-32(29)36/h4,6-7,11-12,15-16,18,20,22,24,28,34-35H,1-3,5,8-10,13-14,17H2/t24-,28-/m1/s1. The molecule has 2 atom stereocenters. The van der Waals surface area contributed by atoms with Crippen LogP contribution in [-0.4, -0.2) is 13.5 Å². The highest BCUT2D eigenvalue weighted by atomic mass is 32.2. The third-order valence-corrected chi connectivity index (χ3v) is 10.0. The van der Waals surface area contributed by atoms with Crippen molar-refractivity contribution in [2.75, 3.05) is 4.72 Å². The number of rotatable bonds is 8. The van der Waals surface area contributed by atoms with E-state index in [0.717, 1.165) is 56.1 Å². The molecular weight excluding hydrogens is 524 g/mol. The van der Waals surface area contributed by atoms with Gasteiger partial charge in [-0.15, -0.1) is 0 Å². The molecule has 2 fully saturated rings. The number of aromatic hydroxyl groups is 1. The molecule has 0 amide bonds. The second kappa shape index (κ2) is 10.8. The molecule has 0 unspecified atom stereocenters. The molecule has 0 radical (unpaired) electrons. The summed E-state index contributed by atoms with van der Waals surface area (Å²) in [6, 6.07) is 14.8. The SMILES string of the molecule is N#Cc1ccc(S(=O)(=O)Nc2cccc([C@H](c3c(O)c4c(oc3=O)[C@@H](CC3CC3)CCCCC4)C3CC3)c2)cc1. The Labute approximate surface area is 234 Å². The van der Waals surface area contributed by atoms with E-state index in [1.165, 1.54) is 37.1 Å². The second-order valence-electron chi connectivity index (χ2n) is 11.7. The lowest BCUT2D eigenvalue weighted by Crippen LogP contribution is -2.21. The number of nitriles is 1. The number of fused-ring (bicyclic) bond motifs is 1. The van der Waals surface area contributed by atoms with Crippen molar-refractivity contribution in [1.29, 1.82) is 5.26 Å². The van der Waals surface area contributed by atoms with Crippen LogP contribution in [0.2, 0.25) is 0 Å². The molecule has 0 spiro atoms. The first-order chi connectivity index (χ1) is 19.3. The van der Waals surface area contributed by atoms with Gasteiger partial charge in [-0.05, 0) is 92.3 Å². The highest BCUT2D eigenvalue weighted by Gasteiger charge is 2.40. The minimum atomic E-state index is -3.89. The van der Waals surface area contributed by atoms with Crippen LogP contribution in [-0.2, 0) is 16.4 Å². The van der Waals surface area contributed by atoms with E-state index in [0.29, 0.717) is 34.9 Å². The lowest BCUT2D eigenvalue weighted by molar-refractivity contribution is 0.341. The number of nitrogens with zero attached hydrogens (tertiary/aromatic N) is 1. The van der Waals surface area contributed by atoms with Crippen molar-refractivity contribution in [3.05, 3.63) is 87.0 Å². The highest BCUT2D eigenvalue weighted by Crippen LogP contribution is 2.50. The van der Waals surface area contributed by atoms with E-state index >= 15 is 0 Å². The topological polar surface area (TPSA) is 120 Å². The predicted octanol–water partition coefficient (Wildman–Crippen LogP) is 6.56. The van der Waals surface area contributed by atoms with Crippen molar-refractivity contribution in [2.45, 2.75) is 80.9 Å². The van der Waals surface area contributed by atoms with E-state index in [-0.39, 0.29) is 28.4 Å². The van der Waals surface area contributed by atoms with Gasteiger partial charge in [0.1, 0.15) is 11.5 Å². The van der Waals surface area contributed by atoms with E-state index < -0.39 is 15.6 Å². The van der Waals surface area contributed by atoms with Crippen molar-refractivity contribution in [2.24, 2.45) is 11.8 Å². The van der Waals surface area contributed by atoms with E-state index in [4.69, 9.17) is 9.68 Å².